The van der Waals surface area contributed by atoms with Gasteiger partial charge in [-0.25, -0.2) is 4.98 Å². The van der Waals surface area contributed by atoms with Gasteiger partial charge in [0.25, 0.3) is 5.91 Å². The molecular formula is C16H18N2O2S. The van der Waals surface area contributed by atoms with Crippen LogP contribution >= 0.6 is 11.3 Å². The van der Waals surface area contributed by atoms with E-state index in [9.17, 15) is 4.79 Å². The molecule has 5 heteroatoms. The maximum absolute atomic E-state index is 12.4. The number of aliphatic hydroxyl groups excluding tert-OH is 1. The first kappa shape index (κ1) is 14.2. The molecule has 110 valence electrons. The molecule has 0 atom stereocenters. The fourth-order valence-electron chi connectivity index (χ4n) is 2.64. The summed E-state index contributed by atoms with van der Waals surface area (Å²) in [5.41, 5.74) is 4.51. The Labute approximate surface area is 128 Å². The van der Waals surface area contributed by atoms with Crippen molar-refractivity contribution >= 4 is 17.2 Å². The summed E-state index contributed by atoms with van der Waals surface area (Å²) in [7, 11) is 0. The number of thiazole rings is 1. The molecule has 0 unspecified atom stereocenters. The third-order valence-electron chi connectivity index (χ3n) is 4.02. The van der Waals surface area contributed by atoms with Crippen molar-refractivity contribution in [3.63, 3.8) is 0 Å². The number of hydrogen-bond donors (Lipinski definition) is 1. The molecule has 0 spiro atoms. The van der Waals surface area contributed by atoms with Crippen LogP contribution in [0, 0.1) is 5.92 Å². The number of benzene rings is 1. The zero-order chi connectivity index (χ0) is 14.7. The lowest BCUT2D eigenvalue weighted by Gasteiger charge is -2.31. The number of piperidine rings is 1. The van der Waals surface area contributed by atoms with Gasteiger partial charge >= 0.3 is 0 Å². The maximum atomic E-state index is 12.4. The van der Waals surface area contributed by atoms with E-state index in [4.69, 9.17) is 5.11 Å². The smallest absolute Gasteiger partial charge is 0.253 e. The van der Waals surface area contributed by atoms with E-state index in [2.05, 4.69) is 4.98 Å². The number of rotatable bonds is 3. The number of nitrogens with zero attached hydrogens (tertiary/aromatic N) is 2. The molecule has 0 saturated carbocycles. The molecule has 2 heterocycles. The third-order valence-corrected chi connectivity index (χ3v) is 4.61. The summed E-state index contributed by atoms with van der Waals surface area (Å²) in [5, 5.41) is 11.1. The molecule has 3 rings (SSSR count). The summed E-state index contributed by atoms with van der Waals surface area (Å²) >= 11 is 1.56. The summed E-state index contributed by atoms with van der Waals surface area (Å²) in [6.45, 7) is 1.69. The van der Waals surface area contributed by atoms with Crippen LogP contribution in [0.5, 0.6) is 0 Å². The molecule has 0 radical (unpaired) electrons. The molecule has 1 amide bonds. The Morgan fingerprint density at radius 2 is 2.00 bits per heavy atom. The van der Waals surface area contributed by atoms with Gasteiger partial charge in [-0.3, -0.25) is 4.79 Å². The van der Waals surface area contributed by atoms with Gasteiger partial charge in [0.05, 0.1) is 11.2 Å². The molecule has 0 aliphatic carbocycles. The van der Waals surface area contributed by atoms with Gasteiger partial charge in [-0.1, -0.05) is 12.1 Å². The van der Waals surface area contributed by atoms with Crippen LogP contribution in [0.25, 0.3) is 11.3 Å². The van der Waals surface area contributed by atoms with Crippen LogP contribution in [0.2, 0.25) is 0 Å². The van der Waals surface area contributed by atoms with Crippen LogP contribution in [-0.4, -0.2) is 40.6 Å². The minimum absolute atomic E-state index is 0.0798. The highest BCUT2D eigenvalue weighted by atomic mass is 32.1. The van der Waals surface area contributed by atoms with Crippen LogP contribution in [0.4, 0.5) is 0 Å². The highest BCUT2D eigenvalue weighted by molar-refractivity contribution is 7.07. The zero-order valence-corrected chi connectivity index (χ0v) is 12.6. The van der Waals surface area contributed by atoms with Gasteiger partial charge in [0.1, 0.15) is 0 Å². The van der Waals surface area contributed by atoms with Crippen LogP contribution in [-0.2, 0) is 0 Å². The van der Waals surface area contributed by atoms with E-state index in [-0.39, 0.29) is 12.5 Å². The molecule has 1 saturated heterocycles. The number of aromatic nitrogens is 1. The van der Waals surface area contributed by atoms with Gasteiger partial charge in [0.2, 0.25) is 0 Å². The van der Waals surface area contributed by atoms with Crippen molar-refractivity contribution in [3.05, 3.63) is 40.7 Å². The summed E-state index contributed by atoms with van der Waals surface area (Å²) in [5.74, 6) is 0.428. The minimum atomic E-state index is 0.0798. The molecule has 21 heavy (non-hydrogen) atoms. The molecule has 1 aliphatic rings. The largest absolute Gasteiger partial charge is 0.396 e. The highest BCUT2D eigenvalue weighted by Gasteiger charge is 2.23. The fourth-order valence-corrected chi connectivity index (χ4v) is 3.20. The number of carbonyl (C=O) groups excluding carboxylic acids is 1. The van der Waals surface area contributed by atoms with Gasteiger partial charge in [-0.2, -0.15) is 0 Å². The third kappa shape index (κ3) is 3.14. The topological polar surface area (TPSA) is 53.4 Å². The quantitative estimate of drug-likeness (QED) is 0.948. The number of carbonyl (C=O) groups is 1. The van der Waals surface area contributed by atoms with Crippen LogP contribution in [0.3, 0.4) is 0 Å². The van der Waals surface area contributed by atoms with E-state index in [1.54, 1.807) is 16.8 Å². The van der Waals surface area contributed by atoms with Crippen LogP contribution in [0.1, 0.15) is 23.2 Å². The Bertz CT molecular complexity index is 587. The number of hydrogen-bond acceptors (Lipinski definition) is 4. The van der Waals surface area contributed by atoms with E-state index in [0.717, 1.165) is 42.8 Å². The Kier molecular flexibility index (Phi) is 4.31. The standard InChI is InChI=1S/C16H18N2O2S/c19-9-12-5-7-18(8-6-12)16(20)14-3-1-13(2-4-14)15-10-21-11-17-15/h1-4,10-12,19H,5-9H2. The Morgan fingerprint density at radius 1 is 1.29 bits per heavy atom. The van der Waals surface area contributed by atoms with Crippen molar-refractivity contribution in [2.75, 3.05) is 19.7 Å². The molecular weight excluding hydrogens is 284 g/mol. The Hall–Kier alpha value is -1.72. The van der Waals surface area contributed by atoms with E-state index in [1.165, 1.54) is 0 Å². The second-order valence-electron chi connectivity index (χ2n) is 5.37. The van der Waals surface area contributed by atoms with Crippen molar-refractivity contribution in [1.82, 2.24) is 9.88 Å². The molecule has 0 bridgehead atoms. The lowest BCUT2D eigenvalue weighted by atomic mass is 9.97. The molecule has 4 nitrogen and oxygen atoms in total. The van der Waals surface area contributed by atoms with Gasteiger partial charge < -0.3 is 10.0 Å². The minimum Gasteiger partial charge on any atom is -0.396 e. The molecule has 1 fully saturated rings. The van der Waals surface area contributed by atoms with E-state index in [0.29, 0.717) is 5.92 Å². The number of amides is 1. The average Bonchev–Trinajstić information content (AvgIpc) is 3.09. The van der Waals surface area contributed by atoms with E-state index < -0.39 is 0 Å². The first-order chi connectivity index (χ1) is 10.3. The molecule has 2 aromatic rings. The van der Waals surface area contributed by atoms with Gasteiger partial charge in [-0.15, -0.1) is 11.3 Å². The van der Waals surface area contributed by atoms with Crippen LogP contribution in [0.15, 0.2) is 35.2 Å². The predicted molar refractivity (Wildman–Crippen MR) is 83.3 cm³/mol. The SMILES string of the molecule is O=C(c1ccc(-c2cscn2)cc1)N1CCC(CO)CC1. The van der Waals surface area contributed by atoms with Gasteiger partial charge in [0.15, 0.2) is 0 Å². The van der Waals surface area contributed by atoms with Gasteiger partial charge in [-0.05, 0) is 30.9 Å². The second kappa shape index (κ2) is 6.37. The van der Waals surface area contributed by atoms with Crippen molar-refractivity contribution in [1.29, 1.82) is 0 Å². The normalized spacial score (nSPS) is 16.1. The molecule has 1 aliphatic heterocycles. The number of aliphatic hydroxyl groups is 1. The fraction of sp³-hybridized carbons (Fsp3) is 0.375. The van der Waals surface area contributed by atoms with Crippen molar-refractivity contribution < 1.29 is 9.90 Å². The van der Waals surface area contributed by atoms with Crippen molar-refractivity contribution in [2.24, 2.45) is 5.92 Å². The number of likely N-dealkylation sites (tertiary alicyclic amines) is 1. The monoisotopic (exact) mass is 302 g/mol. The first-order valence-electron chi connectivity index (χ1n) is 7.16. The molecule has 1 N–H and O–H groups in total. The van der Waals surface area contributed by atoms with E-state index in [1.807, 2.05) is 34.5 Å². The summed E-state index contributed by atoms with van der Waals surface area (Å²) in [4.78, 5) is 18.6. The predicted octanol–water partition coefficient (Wildman–Crippen LogP) is 2.65. The molecule has 1 aromatic heterocycles. The van der Waals surface area contributed by atoms with Crippen LogP contribution < -0.4 is 0 Å². The summed E-state index contributed by atoms with van der Waals surface area (Å²) < 4.78 is 0. The zero-order valence-electron chi connectivity index (χ0n) is 11.7. The lowest BCUT2D eigenvalue weighted by molar-refractivity contribution is 0.0651. The Morgan fingerprint density at radius 3 is 2.57 bits per heavy atom. The highest BCUT2D eigenvalue weighted by Crippen LogP contribution is 2.22. The Balaban J connectivity index is 1.68. The summed E-state index contributed by atoms with van der Waals surface area (Å²) in [6.07, 6.45) is 1.78. The second-order valence-corrected chi connectivity index (χ2v) is 6.09. The lowest BCUT2D eigenvalue weighted by Crippen LogP contribution is -2.39. The van der Waals surface area contributed by atoms with E-state index >= 15 is 0 Å². The first-order valence-corrected chi connectivity index (χ1v) is 8.11. The molecule has 1 aromatic carbocycles. The summed E-state index contributed by atoms with van der Waals surface area (Å²) in [6, 6.07) is 7.63. The van der Waals surface area contributed by atoms with Crippen molar-refractivity contribution in [3.8, 4) is 11.3 Å². The van der Waals surface area contributed by atoms with Gasteiger partial charge in [0, 0.05) is 36.2 Å². The average molecular weight is 302 g/mol. The van der Waals surface area contributed by atoms with Crippen molar-refractivity contribution in [2.45, 2.75) is 12.8 Å². The maximum Gasteiger partial charge on any atom is 0.253 e.